The summed E-state index contributed by atoms with van der Waals surface area (Å²) in [6.45, 7) is 4.36. The van der Waals surface area contributed by atoms with Gasteiger partial charge in [0.25, 0.3) is 5.91 Å². The number of halogens is 1. The lowest BCUT2D eigenvalue weighted by Crippen LogP contribution is -2.29. The molecule has 3 nitrogen and oxygen atoms in total. The van der Waals surface area contributed by atoms with Gasteiger partial charge in [-0.15, -0.1) is 0 Å². The van der Waals surface area contributed by atoms with E-state index in [4.69, 9.17) is 4.74 Å². The van der Waals surface area contributed by atoms with Gasteiger partial charge in [-0.2, -0.15) is 0 Å². The Labute approximate surface area is 116 Å². The molecule has 0 bridgehead atoms. The molecule has 0 N–H and O–H groups in total. The van der Waals surface area contributed by atoms with Crippen LogP contribution in [0.3, 0.4) is 0 Å². The van der Waals surface area contributed by atoms with Crippen molar-refractivity contribution in [2.24, 2.45) is 5.92 Å². The highest BCUT2D eigenvalue weighted by Gasteiger charge is 2.27. The van der Waals surface area contributed by atoms with Gasteiger partial charge in [0.05, 0.1) is 12.2 Å². The molecule has 4 heteroatoms. The summed E-state index contributed by atoms with van der Waals surface area (Å²) in [5.41, 5.74) is 1.85. The number of rotatable bonds is 3. The molecular formula is C14H18BrNO2. The van der Waals surface area contributed by atoms with Crippen molar-refractivity contribution in [3.05, 3.63) is 33.8 Å². The van der Waals surface area contributed by atoms with Gasteiger partial charge in [-0.1, -0.05) is 12.1 Å². The van der Waals surface area contributed by atoms with Gasteiger partial charge in [-0.25, -0.2) is 0 Å². The number of methoxy groups -OCH3 is 1. The lowest BCUT2D eigenvalue weighted by molar-refractivity contribution is 0.0774. The fourth-order valence-corrected chi connectivity index (χ4v) is 2.81. The van der Waals surface area contributed by atoms with Crippen molar-refractivity contribution in [3.8, 4) is 0 Å². The number of carbonyl (C=O) groups is 1. The molecule has 0 spiro atoms. The van der Waals surface area contributed by atoms with Crippen LogP contribution < -0.4 is 0 Å². The Morgan fingerprint density at radius 1 is 1.56 bits per heavy atom. The minimum atomic E-state index is 0.115. The summed E-state index contributed by atoms with van der Waals surface area (Å²) >= 11 is 3.50. The smallest absolute Gasteiger partial charge is 0.255 e. The first-order valence-electron chi connectivity index (χ1n) is 6.16. The molecule has 1 unspecified atom stereocenters. The third kappa shape index (κ3) is 2.75. The molecule has 1 saturated heterocycles. The number of carbonyl (C=O) groups excluding carboxylic acids is 1. The molecule has 1 aliphatic rings. The van der Waals surface area contributed by atoms with E-state index in [2.05, 4.69) is 15.9 Å². The first-order chi connectivity index (χ1) is 8.63. The van der Waals surface area contributed by atoms with Crippen LogP contribution in [0.5, 0.6) is 0 Å². The highest BCUT2D eigenvalue weighted by Crippen LogP contribution is 2.25. The van der Waals surface area contributed by atoms with Gasteiger partial charge < -0.3 is 9.64 Å². The highest BCUT2D eigenvalue weighted by atomic mass is 79.9. The van der Waals surface area contributed by atoms with Gasteiger partial charge in [0.2, 0.25) is 0 Å². The second-order valence-corrected chi connectivity index (χ2v) is 5.59. The Morgan fingerprint density at radius 2 is 2.33 bits per heavy atom. The first kappa shape index (κ1) is 13.6. The predicted molar refractivity (Wildman–Crippen MR) is 74.8 cm³/mol. The summed E-state index contributed by atoms with van der Waals surface area (Å²) in [6, 6.07) is 5.80. The Bertz CT molecular complexity index is 447. The minimum absolute atomic E-state index is 0.115. The average molecular weight is 312 g/mol. The average Bonchev–Trinajstić information content (AvgIpc) is 2.81. The number of ether oxygens (including phenoxy) is 1. The van der Waals surface area contributed by atoms with Crippen LogP contribution in [-0.4, -0.2) is 37.6 Å². The molecule has 1 atom stereocenters. The normalized spacial score (nSPS) is 19.3. The highest BCUT2D eigenvalue weighted by molar-refractivity contribution is 9.10. The van der Waals surface area contributed by atoms with Gasteiger partial charge in [-0.3, -0.25) is 4.79 Å². The SMILES string of the molecule is COCC1CCN(C(=O)c2cccc(C)c2Br)C1. The maximum Gasteiger partial charge on any atom is 0.255 e. The molecule has 0 aliphatic carbocycles. The summed E-state index contributed by atoms with van der Waals surface area (Å²) in [6.07, 6.45) is 1.03. The number of aryl methyl sites for hydroxylation is 1. The summed E-state index contributed by atoms with van der Waals surface area (Å²) in [4.78, 5) is 14.3. The predicted octanol–water partition coefficient (Wildman–Crippen LogP) is 2.87. The van der Waals surface area contributed by atoms with Crippen LogP contribution >= 0.6 is 15.9 Å². The Kier molecular flexibility index (Phi) is 4.40. The van der Waals surface area contributed by atoms with Crippen LogP contribution in [0.2, 0.25) is 0 Å². The van der Waals surface area contributed by atoms with Gasteiger partial charge >= 0.3 is 0 Å². The van der Waals surface area contributed by atoms with Crippen molar-refractivity contribution in [1.82, 2.24) is 4.90 Å². The summed E-state index contributed by atoms with van der Waals surface area (Å²) in [7, 11) is 1.71. The molecule has 1 amide bonds. The Morgan fingerprint density at radius 3 is 3.06 bits per heavy atom. The maximum atomic E-state index is 12.4. The topological polar surface area (TPSA) is 29.5 Å². The molecule has 1 fully saturated rings. The molecule has 18 heavy (non-hydrogen) atoms. The van der Waals surface area contributed by atoms with Crippen molar-refractivity contribution in [2.45, 2.75) is 13.3 Å². The molecule has 2 rings (SSSR count). The molecule has 0 radical (unpaired) electrons. The van der Waals surface area contributed by atoms with Crippen molar-refractivity contribution >= 4 is 21.8 Å². The monoisotopic (exact) mass is 311 g/mol. The second-order valence-electron chi connectivity index (χ2n) is 4.80. The lowest BCUT2D eigenvalue weighted by atomic mass is 10.1. The number of hydrogen-bond donors (Lipinski definition) is 0. The van der Waals surface area contributed by atoms with E-state index < -0.39 is 0 Å². The molecule has 0 aromatic heterocycles. The quantitative estimate of drug-likeness (QED) is 0.859. The Hall–Kier alpha value is -0.870. The lowest BCUT2D eigenvalue weighted by Gasteiger charge is -2.18. The van der Waals surface area contributed by atoms with Crippen LogP contribution in [0.4, 0.5) is 0 Å². The minimum Gasteiger partial charge on any atom is -0.384 e. The summed E-state index contributed by atoms with van der Waals surface area (Å²) < 4.78 is 6.06. The molecule has 1 aliphatic heterocycles. The van der Waals surface area contributed by atoms with Gasteiger partial charge in [0.15, 0.2) is 0 Å². The van der Waals surface area contributed by atoms with Crippen LogP contribution in [0.15, 0.2) is 22.7 Å². The molecular weight excluding hydrogens is 294 g/mol. The van der Waals surface area contributed by atoms with E-state index in [-0.39, 0.29) is 5.91 Å². The standard InChI is InChI=1S/C14H18BrNO2/c1-10-4-3-5-12(13(10)15)14(17)16-7-6-11(8-16)9-18-2/h3-5,11H,6-9H2,1-2H3. The largest absolute Gasteiger partial charge is 0.384 e. The first-order valence-corrected chi connectivity index (χ1v) is 6.96. The third-order valence-electron chi connectivity index (χ3n) is 3.40. The van der Waals surface area contributed by atoms with Gasteiger partial charge in [0.1, 0.15) is 0 Å². The molecule has 1 aromatic rings. The van der Waals surface area contributed by atoms with Gasteiger partial charge in [0, 0.05) is 30.6 Å². The van der Waals surface area contributed by atoms with Crippen molar-refractivity contribution in [1.29, 1.82) is 0 Å². The number of hydrogen-bond acceptors (Lipinski definition) is 2. The van der Waals surface area contributed by atoms with Crippen LogP contribution in [-0.2, 0) is 4.74 Å². The van der Waals surface area contributed by atoms with Crippen LogP contribution in [0, 0.1) is 12.8 Å². The van der Waals surface area contributed by atoms with E-state index in [1.165, 1.54) is 0 Å². The Balaban J connectivity index is 2.11. The molecule has 1 aromatic carbocycles. The summed E-state index contributed by atoms with van der Waals surface area (Å²) in [5.74, 6) is 0.590. The molecule has 0 saturated carbocycles. The van der Waals surface area contributed by atoms with Crippen LogP contribution in [0.25, 0.3) is 0 Å². The summed E-state index contributed by atoms with van der Waals surface area (Å²) in [5, 5.41) is 0. The molecule has 1 heterocycles. The van der Waals surface area contributed by atoms with E-state index in [0.717, 1.165) is 41.7 Å². The fourth-order valence-electron chi connectivity index (χ4n) is 2.37. The van der Waals surface area contributed by atoms with E-state index in [9.17, 15) is 4.79 Å². The number of nitrogens with zero attached hydrogens (tertiary/aromatic N) is 1. The zero-order chi connectivity index (χ0) is 13.1. The third-order valence-corrected chi connectivity index (χ3v) is 4.45. The van der Waals surface area contributed by atoms with E-state index in [1.807, 2.05) is 30.0 Å². The van der Waals surface area contributed by atoms with E-state index in [1.54, 1.807) is 7.11 Å². The van der Waals surface area contributed by atoms with Crippen molar-refractivity contribution in [3.63, 3.8) is 0 Å². The zero-order valence-corrected chi connectivity index (χ0v) is 12.4. The second kappa shape index (κ2) is 5.85. The maximum absolute atomic E-state index is 12.4. The number of likely N-dealkylation sites (tertiary alicyclic amines) is 1. The van der Waals surface area contributed by atoms with E-state index in [0.29, 0.717) is 5.92 Å². The zero-order valence-electron chi connectivity index (χ0n) is 10.8. The van der Waals surface area contributed by atoms with Crippen LogP contribution in [0.1, 0.15) is 22.3 Å². The molecule has 98 valence electrons. The van der Waals surface area contributed by atoms with Gasteiger partial charge in [-0.05, 0) is 40.9 Å². The van der Waals surface area contributed by atoms with E-state index >= 15 is 0 Å². The fraction of sp³-hybridized carbons (Fsp3) is 0.500. The number of benzene rings is 1. The number of amides is 1. The van der Waals surface area contributed by atoms with Crippen molar-refractivity contribution < 1.29 is 9.53 Å². The van der Waals surface area contributed by atoms with Crippen molar-refractivity contribution in [2.75, 3.05) is 26.8 Å².